The van der Waals surface area contributed by atoms with Crippen molar-refractivity contribution in [2.45, 2.75) is 51.4 Å². The average molecular weight is 424 g/mol. The van der Waals surface area contributed by atoms with Crippen LogP contribution in [0.2, 0.25) is 0 Å². The predicted molar refractivity (Wildman–Crippen MR) is 113 cm³/mol. The third kappa shape index (κ3) is 6.92. The number of aromatic nitrogens is 2. The molecule has 1 N–H and O–H groups in total. The molecule has 3 rings (SSSR count). The van der Waals surface area contributed by atoms with E-state index in [1.54, 1.807) is 18.5 Å². The van der Waals surface area contributed by atoms with Gasteiger partial charge in [-0.2, -0.15) is 4.31 Å². The first-order valence-corrected chi connectivity index (χ1v) is 12.4. The van der Waals surface area contributed by atoms with E-state index in [4.69, 9.17) is 0 Å². The predicted octanol–water partition coefficient (Wildman–Crippen LogP) is 1.80. The number of sulfonamides is 1. The zero-order valence-electron chi connectivity index (χ0n) is 17.1. The van der Waals surface area contributed by atoms with Crippen LogP contribution in [0.5, 0.6) is 0 Å². The van der Waals surface area contributed by atoms with Crippen LogP contribution in [0.3, 0.4) is 0 Å². The second-order valence-corrected chi connectivity index (χ2v) is 10.1. The van der Waals surface area contributed by atoms with Crippen LogP contribution >= 0.6 is 0 Å². The van der Waals surface area contributed by atoms with E-state index in [-0.39, 0.29) is 11.7 Å². The largest absolute Gasteiger partial charge is 0.356 e. The van der Waals surface area contributed by atoms with Crippen LogP contribution in [0.15, 0.2) is 18.5 Å². The number of carbonyl (C=O) groups excluding carboxylic acids is 1. The number of nitrogens with one attached hydrogen (secondary N) is 1. The highest BCUT2D eigenvalue weighted by Crippen LogP contribution is 2.27. The molecule has 1 saturated heterocycles. The van der Waals surface area contributed by atoms with Gasteiger partial charge < -0.3 is 10.2 Å². The Morgan fingerprint density at radius 1 is 1.07 bits per heavy atom. The highest BCUT2D eigenvalue weighted by molar-refractivity contribution is 7.89. The molecule has 0 bridgehead atoms. The molecule has 1 aliphatic heterocycles. The number of hydrogen-bond donors (Lipinski definition) is 1. The van der Waals surface area contributed by atoms with E-state index < -0.39 is 10.0 Å². The summed E-state index contributed by atoms with van der Waals surface area (Å²) < 4.78 is 26.7. The minimum atomic E-state index is -3.30. The van der Waals surface area contributed by atoms with E-state index in [0.717, 1.165) is 6.42 Å². The van der Waals surface area contributed by atoms with Crippen molar-refractivity contribution in [2.75, 3.05) is 43.4 Å². The van der Waals surface area contributed by atoms with Crippen LogP contribution in [0.1, 0.15) is 51.4 Å². The van der Waals surface area contributed by atoms with Gasteiger partial charge in [0.05, 0.1) is 5.75 Å². The number of amides is 1. The lowest BCUT2D eigenvalue weighted by molar-refractivity contribution is -0.121. The van der Waals surface area contributed by atoms with Crippen molar-refractivity contribution in [2.24, 2.45) is 5.92 Å². The van der Waals surface area contributed by atoms with Crippen molar-refractivity contribution in [3.05, 3.63) is 18.5 Å². The topological polar surface area (TPSA) is 95.5 Å². The van der Waals surface area contributed by atoms with E-state index in [1.165, 1.54) is 36.4 Å². The van der Waals surface area contributed by atoms with Gasteiger partial charge in [0.25, 0.3) is 0 Å². The zero-order chi connectivity index (χ0) is 20.5. The molecule has 2 heterocycles. The maximum absolute atomic E-state index is 12.6. The molecule has 1 aromatic rings. The quantitative estimate of drug-likeness (QED) is 0.609. The van der Waals surface area contributed by atoms with Gasteiger partial charge in [-0.15, -0.1) is 0 Å². The molecule has 8 nitrogen and oxygen atoms in total. The Kier molecular flexibility index (Phi) is 8.23. The summed E-state index contributed by atoms with van der Waals surface area (Å²) in [5, 5.41) is 2.88. The van der Waals surface area contributed by atoms with Crippen LogP contribution in [0, 0.1) is 5.92 Å². The Morgan fingerprint density at radius 3 is 2.45 bits per heavy atom. The minimum Gasteiger partial charge on any atom is -0.356 e. The zero-order valence-corrected chi connectivity index (χ0v) is 17.9. The molecule has 1 amide bonds. The number of anilines is 1. The lowest BCUT2D eigenvalue weighted by atomic mass is 9.86. The van der Waals surface area contributed by atoms with Crippen LogP contribution < -0.4 is 10.2 Å². The summed E-state index contributed by atoms with van der Waals surface area (Å²) in [5.41, 5.74) is 0. The maximum atomic E-state index is 12.6. The van der Waals surface area contributed by atoms with Gasteiger partial charge in [0, 0.05) is 51.5 Å². The molecule has 1 aromatic heterocycles. The third-order valence-corrected chi connectivity index (χ3v) is 7.83. The first kappa shape index (κ1) is 22.0. The third-order valence-electron chi connectivity index (χ3n) is 5.87. The Labute approximate surface area is 174 Å². The molecule has 1 saturated carbocycles. The van der Waals surface area contributed by atoms with E-state index >= 15 is 0 Å². The van der Waals surface area contributed by atoms with Gasteiger partial charge >= 0.3 is 0 Å². The molecule has 162 valence electrons. The lowest BCUT2D eigenvalue weighted by Gasteiger charge is -2.33. The normalized spacial score (nSPS) is 19.2. The van der Waals surface area contributed by atoms with Crippen molar-refractivity contribution in [3.8, 4) is 0 Å². The summed E-state index contributed by atoms with van der Waals surface area (Å²) in [4.78, 5) is 22.4. The summed E-state index contributed by atoms with van der Waals surface area (Å²) in [5.74, 6) is 1.44. The molecular formula is C20H33N5O3S. The van der Waals surface area contributed by atoms with Crippen molar-refractivity contribution < 1.29 is 13.2 Å². The highest BCUT2D eigenvalue weighted by atomic mass is 32.2. The van der Waals surface area contributed by atoms with Gasteiger partial charge in [-0.3, -0.25) is 4.79 Å². The van der Waals surface area contributed by atoms with Crippen molar-refractivity contribution in [1.29, 1.82) is 0 Å². The summed E-state index contributed by atoms with van der Waals surface area (Å²) in [6.07, 6.45) is 11.7. The number of piperazine rings is 1. The summed E-state index contributed by atoms with van der Waals surface area (Å²) in [6, 6.07) is 1.76. The lowest BCUT2D eigenvalue weighted by Crippen LogP contribution is -2.49. The molecule has 0 aromatic carbocycles. The van der Waals surface area contributed by atoms with Crippen molar-refractivity contribution in [3.63, 3.8) is 0 Å². The summed E-state index contributed by atoms with van der Waals surface area (Å²) in [6.45, 7) is 2.46. The SMILES string of the molecule is O=C(CCC1CCCCC1)NCCCS(=O)(=O)N1CCN(c2ncccn2)CC1. The Balaban J connectivity index is 1.31. The van der Waals surface area contributed by atoms with Gasteiger partial charge in [-0.1, -0.05) is 32.1 Å². The highest BCUT2D eigenvalue weighted by Gasteiger charge is 2.27. The van der Waals surface area contributed by atoms with Gasteiger partial charge in [0.2, 0.25) is 21.9 Å². The van der Waals surface area contributed by atoms with Gasteiger partial charge in [-0.25, -0.2) is 18.4 Å². The van der Waals surface area contributed by atoms with E-state index in [9.17, 15) is 13.2 Å². The molecule has 0 unspecified atom stereocenters. The molecule has 1 aliphatic carbocycles. The van der Waals surface area contributed by atoms with Crippen molar-refractivity contribution in [1.82, 2.24) is 19.6 Å². The first-order valence-electron chi connectivity index (χ1n) is 10.8. The van der Waals surface area contributed by atoms with E-state index in [0.29, 0.717) is 57.4 Å². The van der Waals surface area contributed by atoms with Crippen LogP contribution in [-0.4, -0.2) is 67.1 Å². The molecule has 0 atom stereocenters. The number of hydrogen-bond acceptors (Lipinski definition) is 6. The minimum absolute atomic E-state index is 0.0458. The fourth-order valence-corrected chi connectivity index (χ4v) is 5.62. The molecule has 0 spiro atoms. The number of nitrogens with zero attached hydrogens (tertiary/aromatic N) is 4. The molecule has 9 heteroatoms. The molecule has 0 radical (unpaired) electrons. The standard InChI is InChI=1S/C20H33N5O3S/c26-19(9-8-18-6-2-1-3-7-18)21-12-5-17-29(27,28)25-15-13-24(14-16-25)20-22-10-4-11-23-20/h4,10-11,18H,1-3,5-9,12-17H2,(H,21,26). The Bertz CT molecular complexity index is 730. The molecule has 29 heavy (non-hydrogen) atoms. The molecule has 2 fully saturated rings. The van der Waals surface area contributed by atoms with E-state index in [1.807, 2.05) is 4.90 Å². The number of rotatable bonds is 9. The van der Waals surface area contributed by atoms with Gasteiger partial charge in [0.1, 0.15) is 0 Å². The second-order valence-electron chi connectivity index (χ2n) is 8.00. The smallest absolute Gasteiger partial charge is 0.225 e. The summed E-state index contributed by atoms with van der Waals surface area (Å²) >= 11 is 0. The molecule has 2 aliphatic rings. The van der Waals surface area contributed by atoms with Crippen LogP contribution in [0.25, 0.3) is 0 Å². The maximum Gasteiger partial charge on any atom is 0.225 e. The summed E-state index contributed by atoms with van der Waals surface area (Å²) in [7, 11) is -3.30. The first-order chi connectivity index (χ1) is 14.0. The fraction of sp³-hybridized carbons (Fsp3) is 0.750. The van der Waals surface area contributed by atoms with Gasteiger partial charge in [0.15, 0.2) is 0 Å². The van der Waals surface area contributed by atoms with Crippen LogP contribution in [0.4, 0.5) is 5.95 Å². The number of carbonyl (C=O) groups is 1. The Hall–Kier alpha value is -1.74. The monoisotopic (exact) mass is 423 g/mol. The van der Waals surface area contributed by atoms with E-state index in [2.05, 4.69) is 15.3 Å². The fourth-order valence-electron chi connectivity index (χ4n) is 4.13. The van der Waals surface area contributed by atoms with Crippen LogP contribution in [-0.2, 0) is 14.8 Å². The van der Waals surface area contributed by atoms with Gasteiger partial charge in [-0.05, 0) is 24.8 Å². The second kappa shape index (κ2) is 10.9. The Morgan fingerprint density at radius 2 is 1.76 bits per heavy atom. The average Bonchev–Trinajstić information content (AvgIpc) is 2.77. The van der Waals surface area contributed by atoms with Crippen molar-refractivity contribution >= 4 is 21.9 Å². The molecular weight excluding hydrogens is 390 g/mol.